The minimum absolute atomic E-state index is 0.379. The van der Waals surface area contributed by atoms with Gasteiger partial charge in [0.1, 0.15) is 5.75 Å². The molecule has 1 aromatic rings. The number of rotatable bonds is 12. The molecule has 0 spiro atoms. The van der Waals surface area contributed by atoms with Crippen LogP contribution in [0.15, 0.2) is 48.6 Å². The molecule has 0 saturated heterocycles. The summed E-state index contributed by atoms with van der Waals surface area (Å²) in [6.07, 6.45) is 21.5. The second-order valence-corrected chi connectivity index (χ2v) is 5.93. The second kappa shape index (κ2) is 13.2. The van der Waals surface area contributed by atoms with Crippen LogP contribution in [0.3, 0.4) is 0 Å². The lowest BCUT2D eigenvalue weighted by molar-refractivity contribution is 0.474. The number of aromatic hydroxyl groups is 1. The van der Waals surface area contributed by atoms with Gasteiger partial charge in [0.15, 0.2) is 0 Å². The van der Waals surface area contributed by atoms with Crippen molar-refractivity contribution in [3.63, 3.8) is 0 Å². The lowest BCUT2D eigenvalue weighted by atomic mass is 10.1. The molecule has 1 heteroatoms. The maximum atomic E-state index is 9.40. The minimum Gasteiger partial charge on any atom is -0.508 e. The normalized spacial score (nSPS) is 11.7. The average molecular weight is 300 g/mol. The molecule has 0 radical (unpaired) electrons. The zero-order valence-electron chi connectivity index (χ0n) is 14.1. The van der Waals surface area contributed by atoms with E-state index >= 15 is 0 Å². The molecule has 122 valence electrons. The van der Waals surface area contributed by atoms with Crippen LogP contribution in [0, 0.1) is 0 Å². The van der Waals surface area contributed by atoms with Crippen molar-refractivity contribution in [3.8, 4) is 5.75 Å². The third kappa shape index (κ3) is 10.3. The number of allylic oxidation sites excluding steroid dienone is 4. The van der Waals surface area contributed by atoms with Gasteiger partial charge in [0.25, 0.3) is 0 Å². The summed E-state index contributed by atoms with van der Waals surface area (Å²) in [5.74, 6) is 0.379. The Labute approximate surface area is 136 Å². The molecule has 0 aliphatic carbocycles. The fourth-order valence-electron chi connectivity index (χ4n) is 2.47. The molecule has 0 aliphatic heterocycles. The first-order valence-corrected chi connectivity index (χ1v) is 8.91. The highest BCUT2D eigenvalue weighted by Gasteiger charge is 1.94. The van der Waals surface area contributed by atoms with Crippen molar-refractivity contribution in [2.24, 2.45) is 0 Å². The number of hydrogen-bond acceptors (Lipinski definition) is 1. The number of phenolic OH excluding ortho intramolecular Hbond substituents is 1. The van der Waals surface area contributed by atoms with Gasteiger partial charge in [-0.15, -0.1) is 0 Å². The molecule has 0 aromatic heterocycles. The second-order valence-electron chi connectivity index (χ2n) is 5.93. The van der Waals surface area contributed by atoms with Crippen molar-refractivity contribution in [1.29, 1.82) is 0 Å². The summed E-state index contributed by atoms with van der Waals surface area (Å²) in [6, 6.07) is 7.61. The maximum Gasteiger partial charge on any atom is 0.115 e. The van der Waals surface area contributed by atoms with Crippen molar-refractivity contribution < 1.29 is 5.11 Å². The molecule has 1 rings (SSSR count). The fourth-order valence-corrected chi connectivity index (χ4v) is 2.47. The van der Waals surface area contributed by atoms with E-state index in [0.717, 1.165) is 6.42 Å². The number of aryl methyl sites for hydroxylation is 1. The summed E-state index contributed by atoms with van der Waals surface area (Å²) in [7, 11) is 0. The molecule has 0 amide bonds. The van der Waals surface area contributed by atoms with E-state index in [1.807, 2.05) is 12.1 Å². The first-order valence-electron chi connectivity index (χ1n) is 8.91. The standard InChI is InChI=1S/C21H32O/c1-2-3-4-5-6-7-8-9-10-11-12-13-14-16-20-17-15-18-21(22)19-20/h5-6,9-10,15,17-19,22H,2-4,7-8,11-14,16H2,1H3/b6-5+,10-9+. The molecular formula is C21H32O. The minimum atomic E-state index is 0.379. The first kappa shape index (κ1) is 18.5. The predicted molar refractivity (Wildman–Crippen MR) is 97.3 cm³/mol. The Morgan fingerprint density at radius 1 is 0.818 bits per heavy atom. The van der Waals surface area contributed by atoms with Crippen molar-refractivity contribution in [2.45, 2.75) is 71.1 Å². The third-order valence-corrected chi connectivity index (χ3v) is 3.80. The Morgan fingerprint density at radius 3 is 2.18 bits per heavy atom. The van der Waals surface area contributed by atoms with Crippen LogP contribution in [0.25, 0.3) is 0 Å². The summed E-state index contributed by atoms with van der Waals surface area (Å²) in [5.41, 5.74) is 1.24. The van der Waals surface area contributed by atoms with E-state index in [1.165, 1.54) is 63.4 Å². The number of hydrogen-bond donors (Lipinski definition) is 1. The maximum absolute atomic E-state index is 9.40. The number of benzene rings is 1. The zero-order chi connectivity index (χ0) is 15.9. The largest absolute Gasteiger partial charge is 0.508 e. The van der Waals surface area contributed by atoms with E-state index in [-0.39, 0.29) is 0 Å². The van der Waals surface area contributed by atoms with Crippen LogP contribution in [-0.2, 0) is 6.42 Å². The van der Waals surface area contributed by atoms with Crippen LogP contribution in [0.5, 0.6) is 5.75 Å². The van der Waals surface area contributed by atoms with E-state index in [1.54, 1.807) is 6.07 Å². The van der Waals surface area contributed by atoms with E-state index in [0.29, 0.717) is 5.75 Å². The molecule has 0 atom stereocenters. The number of phenols is 1. The Kier molecular flexibility index (Phi) is 11.1. The molecule has 0 bridgehead atoms. The van der Waals surface area contributed by atoms with Gasteiger partial charge < -0.3 is 5.11 Å². The average Bonchev–Trinajstić information content (AvgIpc) is 2.52. The van der Waals surface area contributed by atoms with Crippen LogP contribution < -0.4 is 0 Å². The number of unbranched alkanes of at least 4 members (excludes halogenated alkanes) is 6. The molecule has 0 heterocycles. The molecule has 0 unspecified atom stereocenters. The summed E-state index contributed by atoms with van der Waals surface area (Å²) in [5, 5.41) is 9.40. The SMILES string of the molecule is CCCC/C=C/CC/C=C/CCCCCc1cccc(O)c1. The van der Waals surface area contributed by atoms with Gasteiger partial charge in [-0.05, 0) is 62.6 Å². The Bertz CT molecular complexity index is 431. The molecule has 0 saturated carbocycles. The molecule has 1 N–H and O–H groups in total. The highest BCUT2D eigenvalue weighted by atomic mass is 16.3. The van der Waals surface area contributed by atoms with Crippen LogP contribution in [-0.4, -0.2) is 5.11 Å². The lowest BCUT2D eigenvalue weighted by Crippen LogP contribution is -1.85. The Balaban J connectivity index is 1.92. The van der Waals surface area contributed by atoms with Gasteiger partial charge in [-0.25, -0.2) is 0 Å². The van der Waals surface area contributed by atoms with Crippen LogP contribution in [0.1, 0.15) is 70.3 Å². The molecule has 22 heavy (non-hydrogen) atoms. The van der Waals surface area contributed by atoms with E-state index in [4.69, 9.17) is 0 Å². The van der Waals surface area contributed by atoms with Gasteiger partial charge in [0.05, 0.1) is 0 Å². The van der Waals surface area contributed by atoms with Crippen LogP contribution in [0.2, 0.25) is 0 Å². The molecule has 1 nitrogen and oxygen atoms in total. The van der Waals surface area contributed by atoms with Gasteiger partial charge in [-0.3, -0.25) is 0 Å². The Hall–Kier alpha value is -1.50. The topological polar surface area (TPSA) is 20.2 Å². The highest BCUT2D eigenvalue weighted by molar-refractivity contribution is 5.27. The lowest BCUT2D eigenvalue weighted by Gasteiger charge is -2.01. The predicted octanol–water partition coefficient (Wildman–Crippen LogP) is 6.58. The van der Waals surface area contributed by atoms with Gasteiger partial charge in [0.2, 0.25) is 0 Å². The van der Waals surface area contributed by atoms with Crippen molar-refractivity contribution in [2.75, 3.05) is 0 Å². The van der Waals surface area contributed by atoms with E-state index < -0.39 is 0 Å². The van der Waals surface area contributed by atoms with Gasteiger partial charge in [-0.1, -0.05) is 62.6 Å². The third-order valence-electron chi connectivity index (χ3n) is 3.80. The molecular weight excluding hydrogens is 268 g/mol. The van der Waals surface area contributed by atoms with Gasteiger partial charge in [0, 0.05) is 0 Å². The van der Waals surface area contributed by atoms with Crippen molar-refractivity contribution in [1.82, 2.24) is 0 Å². The van der Waals surface area contributed by atoms with Crippen molar-refractivity contribution in [3.05, 3.63) is 54.1 Å². The van der Waals surface area contributed by atoms with Crippen molar-refractivity contribution >= 4 is 0 Å². The molecule has 0 aliphatic rings. The van der Waals surface area contributed by atoms with E-state index in [2.05, 4.69) is 37.3 Å². The molecule has 0 fully saturated rings. The van der Waals surface area contributed by atoms with E-state index in [9.17, 15) is 5.11 Å². The van der Waals surface area contributed by atoms with Crippen LogP contribution >= 0.6 is 0 Å². The smallest absolute Gasteiger partial charge is 0.115 e. The Morgan fingerprint density at radius 2 is 1.50 bits per heavy atom. The van der Waals surface area contributed by atoms with Gasteiger partial charge in [-0.2, -0.15) is 0 Å². The quantitative estimate of drug-likeness (QED) is 0.341. The summed E-state index contributed by atoms with van der Waals surface area (Å²) in [4.78, 5) is 0. The monoisotopic (exact) mass is 300 g/mol. The zero-order valence-corrected chi connectivity index (χ0v) is 14.1. The fraction of sp³-hybridized carbons (Fsp3) is 0.524. The first-order chi connectivity index (χ1) is 10.8. The van der Waals surface area contributed by atoms with Crippen LogP contribution in [0.4, 0.5) is 0 Å². The van der Waals surface area contributed by atoms with Gasteiger partial charge >= 0.3 is 0 Å². The summed E-state index contributed by atoms with van der Waals surface area (Å²) >= 11 is 0. The summed E-state index contributed by atoms with van der Waals surface area (Å²) in [6.45, 7) is 2.24. The highest BCUT2D eigenvalue weighted by Crippen LogP contribution is 2.14. The summed E-state index contributed by atoms with van der Waals surface area (Å²) < 4.78 is 0. The molecule has 1 aromatic carbocycles.